The van der Waals surface area contributed by atoms with E-state index in [1.807, 2.05) is 0 Å². The number of Topliss-reactive ketones (excluding diaryl/α,β-unsaturated/α-hetero) is 1. The number of thiophene rings is 2. The van der Waals surface area contributed by atoms with E-state index in [0.717, 1.165) is 43.4 Å². The number of rotatable bonds is 19. The van der Waals surface area contributed by atoms with Crippen LogP contribution in [0.4, 0.5) is 52.7 Å². The average Bonchev–Trinajstić information content (AvgIpc) is 3.55. The van der Waals surface area contributed by atoms with E-state index in [9.17, 15) is 57.5 Å². The normalized spacial score (nSPS) is 13.7. The minimum atomic E-state index is -7.77. The molecule has 0 unspecified atom stereocenters. The Morgan fingerprint density at radius 1 is 0.767 bits per heavy atom. The lowest BCUT2D eigenvalue weighted by Gasteiger charge is -2.38. The highest BCUT2D eigenvalue weighted by Gasteiger charge is 2.89. The summed E-state index contributed by atoms with van der Waals surface area (Å²) in [5.41, 5.74) is -0.561. The van der Waals surface area contributed by atoms with E-state index in [1.54, 1.807) is 5.38 Å². The number of halogens is 13. The molecule has 0 amide bonds. The predicted molar refractivity (Wildman–Crippen MR) is 146 cm³/mol. The number of alkyl halides is 12. The van der Waals surface area contributed by atoms with Crippen LogP contribution in [0.3, 0.4) is 0 Å². The van der Waals surface area contributed by atoms with Crippen LogP contribution in [0.1, 0.15) is 87.1 Å². The first-order chi connectivity index (χ1) is 19.8. The number of ketones is 1. The molecule has 0 aliphatic heterocycles. The van der Waals surface area contributed by atoms with Crippen molar-refractivity contribution in [3.8, 4) is 9.75 Å². The molecule has 2 aromatic rings. The summed E-state index contributed by atoms with van der Waals surface area (Å²) in [6.45, 7) is 2.14. The van der Waals surface area contributed by atoms with Crippen molar-refractivity contribution in [2.24, 2.45) is 0 Å². The molecule has 0 aromatic carbocycles. The lowest BCUT2D eigenvalue weighted by atomic mass is 9.90. The molecule has 0 fully saturated rings. The lowest BCUT2D eigenvalue weighted by molar-refractivity contribution is -0.405. The van der Waals surface area contributed by atoms with Gasteiger partial charge in [-0.3, -0.25) is 4.79 Å². The molecule has 0 radical (unpaired) electrons. The Balaban J connectivity index is 2.18. The minimum absolute atomic E-state index is 0.0987. The molecule has 2 heterocycles. The second-order valence-electron chi connectivity index (χ2n) is 10.1. The molecule has 0 N–H and O–H groups in total. The summed E-state index contributed by atoms with van der Waals surface area (Å²) >= 11 is 4.36. The predicted octanol–water partition coefficient (Wildman–Crippen LogP) is 12.3. The fraction of sp³-hybridized carbons (Fsp3) is 0.667. The van der Waals surface area contributed by atoms with Crippen molar-refractivity contribution in [3.63, 3.8) is 0 Å². The fourth-order valence-electron chi connectivity index (χ4n) is 4.21. The third-order valence-electron chi connectivity index (χ3n) is 6.80. The third kappa shape index (κ3) is 7.93. The van der Waals surface area contributed by atoms with Gasteiger partial charge < -0.3 is 0 Å². The van der Waals surface area contributed by atoms with Crippen molar-refractivity contribution in [1.29, 1.82) is 0 Å². The van der Waals surface area contributed by atoms with Gasteiger partial charge >= 0.3 is 36.0 Å². The molecule has 2 aromatic heterocycles. The number of hydrogen-bond donors (Lipinski definition) is 0. The quantitative estimate of drug-likeness (QED) is 0.0796. The van der Waals surface area contributed by atoms with Gasteiger partial charge in [-0.05, 0) is 51.8 Å². The Labute approximate surface area is 257 Å². The first kappa shape index (κ1) is 37.9. The molecular weight excluding hydrogens is 712 g/mol. The maximum absolute atomic E-state index is 14.6. The molecule has 16 heteroatoms. The van der Waals surface area contributed by atoms with Crippen LogP contribution in [0.2, 0.25) is 0 Å². The van der Waals surface area contributed by atoms with Gasteiger partial charge in [0.25, 0.3) is 0 Å². The summed E-state index contributed by atoms with van der Waals surface area (Å²) < 4.78 is 164. The second kappa shape index (κ2) is 14.9. The van der Waals surface area contributed by atoms with Gasteiger partial charge in [-0.1, -0.05) is 64.7 Å². The van der Waals surface area contributed by atoms with Crippen LogP contribution >= 0.6 is 38.6 Å². The van der Waals surface area contributed by atoms with E-state index >= 15 is 0 Å². The Kier molecular flexibility index (Phi) is 13.1. The van der Waals surface area contributed by atoms with Gasteiger partial charge in [-0.25, -0.2) is 8.78 Å². The highest BCUT2D eigenvalue weighted by atomic mass is 79.9. The molecule has 246 valence electrons. The zero-order chi connectivity index (χ0) is 32.9. The van der Waals surface area contributed by atoms with Gasteiger partial charge in [0.2, 0.25) is 5.78 Å². The summed E-state index contributed by atoms with van der Waals surface area (Å²) in [7, 11) is 0. The van der Waals surface area contributed by atoms with E-state index in [4.69, 9.17) is 0 Å². The van der Waals surface area contributed by atoms with Crippen molar-refractivity contribution in [2.75, 3.05) is 0 Å². The summed E-state index contributed by atoms with van der Waals surface area (Å²) in [6.07, 6.45) is 5.77. The van der Waals surface area contributed by atoms with Gasteiger partial charge in [-0.15, -0.1) is 22.7 Å². The van der Waals surface area contributed by atoms with Gasteiger partial charge in [0, 0.05) is 10.4 Å². The topological polar surface area (TPSA) is 17.1 Å². The van der Waals surface area contributed by atoms with E-state index in [-0.39, 0.29) is 13.5 Å². The summed E-state index contributed by atoms with van der Waals surface area (Å²) in [4.78, 5) is 12.2. The van der Waals surface area contributed by atoms with Gasteiger partial charge in [0.15, 0.2) is 0 Å². The van der Waals surface area contributed by atoms with Crippen LogP contribution in [0.5, 0.6) is 0 Å². The zero-order valence-electron chi connectivity index (χ0n) is 22.7. The number of aryl methyl sites for hydroxylation is 1. The summed E-state index contributed by atoms with van der Waals surface area (Å²) in [6, 6.07) is 2.04. The molecule has 0 spiro atoms. The Morgan fingerprint density at radius 3 is 1.79 bits per heavy atom. The molecule has 0 saturated heterocycles. The number of carbonyl (C=O) groups is 1. The van der Waals surface area contributed by atoms with E-state index in [1.165, 1.54) is 38.2 Å². The van der Waals surface area contributed by atoms with Crippen LogP contribution in [0, 0.1) is 0 Å². The molecule has 1 nitrogen and oxygen atoms in total. The molecule has 0 bridgehead atoms. The largest absolute Gasteiger partial charge is 0.386 e. The van der Waals surface area contributed by atoms with E-state index < -0.39 is 47.4 Å². The maximum Gasteiger partial charge on any atom is 0.386 e. The Bertz CT molecular complexity index is 1190. The second-order valence-corrected chi connectivity index (χ2v) is 13.4. The molecule has 0 atom stereocenters. The smallest absolute Gasteiger partial charge is 0.287 e. The molecule has 2 rings (SSSR count). The standard InChI is InChI=1S/C27H29BrF12OS2/c1-2-3-4-5-6-7-8-9-10-11-12-16-13-18(42-15-16)20-17(14-19(28)43-20)21(41)23(31,32)25(35,36)27(39,40)26(37,38)24(33,34)22(29)30/h13-15,22H,2-12H2,1H3. The Hall–Kier alpha value is -1.29. The monoisotopic (exact) mass is 740 g/mol. The fourth-order valence-corrected chi connectivity index (χ4v) is 6.88. The van der Waals surface area contributed by atoms with Gasteiger partial charge in [0.05, 0.1) is 8.66 Å². The number of hydrogen-bond acceptors (Lipinski definition) is 3. The van der Waals surface area contributed by atoms with Gasteiger partial charge in [0.1, 0.15) is 0 Å². The van der Waals surface area contributed by atoms with Crippen LogP contribution < -0.4 is 0 Å². The summed E-state index contributed by atoms with van der Waals surface area (Å²) in [5.74, 6) is -39.8. The van der Waals surface area contributed by atoms with Crippen molar-refractivity contribution in [2.45, 2.75) is 114 Å². The highest BCUT2D eigenvalue weighted by Crippen LogP contribution is 2.59. The van der Waals surface area contributed by atoms with Crippen molar-refractivity contribution in [1.82, 2.24) is 0 Å². The van der Waals surface area contributed by atoms with Crippen LogP contribution in [0.15, 0.2) is 21.3 Å². The minimum Gasteiger partial charge on any atom is -0.287 e. The zero-order valence-corrected chi connectivity index (χ0v) is 25.9. The van der Waals surface area contributed by atoms with Crippen LogP contribution in [0.25, 0.3) is 9.75 Å². The average molecular weight is 742 g/mol. The van der Waals surface area contributed by atoms with Gasteiger partial charge in [-0.2, -0.15) is 43.9 Å². The molecule has 0 aliphatic carbocycles. The first-order valence-electron chi connectivity index (χ1n) is 13.4. The van der Waals surface area contributed by atoms with Crippen molar-refractivity contribution < 1.29 is 57.5 Å². The van der Waals surface area contributed by atoms with Crippen LogP contribution in [-0.4, -0.2) is 41.8 Å². The third-order valence-corrected chi connectivity index (χ3v) is 9.60. The molecular formula is C27H29BrF12OS2. The maximum atomic E-state index is 14.6. The van der Waals surface area contributed by atoms with E-state index in [0.29, 0.717) is 29.4 Å². The highest BCUT2D eigenvalue weighted by molar-refractivity contribution is 9.11. The number of unbranched alkanes of at least 4 members (excludes halogenated alkanes) is 9. The summed E-state index contributed by atoms with van der Waals surface area (Å²) in [5, 5.41) is 1.61. The first-order valence-corrected chi connectivity index (χ1v) is 15.8. The lowest BCUT2D eigenvalue weighted by Crippen LogP contribution is -2.69. The van der Waals surface area contributed by atoms with Crippen molar-refractivity contribution in [3.05, 3.63) is 32.4 Å². The van der Waals surface area contributed by atoms with Crippen molar-refractivity contribution >= 4 is 44.4 Å². The SMILES string of the molecule is CCCCCCCCCCCCc1csc(-c2sc(Br)cc2C(=O)C(F)(F)C(F)(F)C(F)(F)C(F)(F)C(F)(F)C(F)F)c1. The number of carbonyl (C=O) groups excluding carboxylic acids is 1. The Morgan fingerprint density at radius 2 is 1.28 bits per heavy atom. The van der Waals surface area contributed by atoms with Crippen LogP contribution in [-0.2, 0) is 6.42 Å². The molecule has 0 aliphatic rings. The molecule has 43 heavy (non-hydrogen) atoms. The van der Waals surface area contributed by atoms with E-state index in [2.05, 4.69) is 22.9 Å². The molecule has 0 saturated carbocycles.